The molecule has 1 fully saturated rings. The number of anilines is 1. The van der Waals surface area contributed by atoms with E-state index in [9.17, 15) is 9.59 Å². The molecular formula is C25H33N3O4. The van der Waals surface area contributed by atoms with Crippen LogP contribution in [0.15, 0.2) is 42.5 Å². The first-order valence-electron chi connectivity index (χ1n) is 11.1. The smallest absolute Gasteiger partial charge is 0.252 e. The topological polar surface area (TPSA) is 79.9 Å². The van der Waals surface area contributed by atoms with E-state index in [-0.39, 0.29) is 17.7 Å². The zero-order chi connectivity index (χ0) is 23.1. The molecule has 2 N–H and O–H groups in total. The maximum atomic E-state index is 13.0. The minimum absolute atomic E-state index is 0.0979. The van der Waals surface area contributed by atoms with Gasteiger partial charge in [-0.25, -0.2) is 0 Å². The normalized spacial score (nSPS) is 14.8. The summed E-state index contributed by atoms with van der Waals surface area (Å²) < 4.78 is 10.5. The second-order valence-electron chi connectivity index (χ2n) is 8.47. The van der Waals surface area contributed by atoms with Gasteiger partial charge >= 0.3 is 0 Å². The Morgan fingerprint density at radius 1 is 1.00 bits per heavy atom. The highest BCUT2D eigenvalue weighted by Crippen LogP contribution is 2.23. The van der Waals surface area contributed by atoms with Crippen LogP contribution in [0.2, 0.25) is 0 Å². The fourth-order valence-electron chi connectivity index (χ4n) is 3.86. The fraction of sp³-hybridized carbons (Fsp3) is 0.440. The number of rotatable bonds is 9. The number of carbonyl (C=O) groups is 2. The molecule has 0 saturated carbocycles. The summed E-state index contributed by atoms with van der Waals surface area (Å²) in [6, 6.07) is 12.1. The molecule has 2 amide bonds. The van der Waals surface area contributed by atoms with Gasteiger partial charge < -0.3 is 20.1 Å². The number of likely N-dealkylation sites (tertiary alicyclic amines) is 1. The number of hydrogen-bond acceptors (Lipinski definition) is 5. The van der Waals surface area contributed by atoms with Gasteiger partial charge in [0, 0.05) is 23.9 Å². The molecule has 0 bridgehead atoms. The lowest BCUT2D eigenvalue weighted by molar-refractivity contribution is -0.118. The lowest BCUT2D eigenvalue weighted by Gasteiger charge is -2.22. The summed E-state index contributed by atoms with van der Waals surface area (Å²) in [6.45, 7) is 6.92. The van der Waals surface area contributed by atoms with Crippen LogP contribution < -0.4 is 20.1 Å². The van der Waals surface area contributed by atoms with Gasteiger partial charge in [0.05, 0.1) is 14.2 Å². The number of benzene rings is 2. The summed E-state index contributed by atoms with van der Waals surface area (Å²) in [5.41, 5.74) is 2.26. The number of nitrogens with one attached hydrogen (secondary N) is 2. The number of ether oxygens (including phenoxy) is 2. The molecule has 172 valence electrons. The maximum absolute atomic E-state index is 13.0. The highest BCUT2D eigenvalue weighted by Gasteiger charge is 2.25. The summed E-state index contributed by atoms with van der Waals surface area (Å²) in [5.74, 6) is 0.310. The quantitative estimate of drug-likeness (QED) is 0.623. The lowest BCUT2D eigenvalue weighted by Crippen LogP contribution is -2.47. The van der Waals surface area contributed by atoms with Crippen molar-refractivity contribution in [2.45, 2.75) is 39.3 Å². The molecule has 1 aliphatic rings. The van der Waals surface area contributed by atoms with Crippen LogP contribution in [0, 0.1) is 5.92 Å². The number of methoxy groups -OCH3 is 2. The largest absolute Gasteiger partial charge is 0.497 e. The molecule has 0 aliphatic carbocycles. The Labute approximate surface area is 190 Å². The highest BCUT2D eigenvalue weighted by molar-refractivity contribution is 6.01. The predicted octanol–water partition coefficient (Wildman–Crippen LogP) is 3.69. The van der Waals surface area contributed by atoms with E-state index in [4.69, 9.17) is 9.47 Å². The van der Waals surface area contributed by atoms with Gasteiger partial charge in [-0.3, -0.25) is 14.5 Å². The Morgan fingerprint density at radius 3 is 2.25 bits per heavy atom. The molecule has 0 spiro atoms. The Bertz CT molecular complexity index is 916. The van der Waals surface area contributed by atoms with E-state index in [1.807, 2.05) is 32.0 Å². The lowest BCUT2D eigenvalue weighted by atomic mass is 10.0. The summed E-state index contributed by atoms with van der Waals surface area (Å²) in [5, 5.41) is 5.83. The Balaban J connectivity index is 1.69. The molecule has 1 aliphatic heterocycles. The molecule has 32 heavy (non-hydrogen) atoms. The molecule has 7 heteroatoms. The van der Waals surface area contributed by atoms with Gasteiger partial charge in [0.2, 0.25) is 5.91 Å². The first kappa shape index (κ1) is 23.6. The molecule has 1 saturated heterocycles. The fourth-order valence-corrected chi connectivity index (χ4v) is 3.86. The van der Waals surface area contributed by atoms with E-state index < -0.39 is 6.04 Å². The van der Waals surface area contributed by atoms with Gasteiger partial charge in [-0.2, -0.15) is 0 Å². The SMILES string of the molecule is COc1cc(OC)cc(C(=O)NC(C(=O)Nc2cccc(CN3CCCC3)c2)C(C)C)c1. The summed E-state index contributed by atoms with van der Waals surface area (Å²) >= 11 is 0. The second-order valence-corrected chi connectivity index (χ2v) is 8.47. The Hall–Kier alpha value is -3.06. The van der Waals surface area contributed by atoms with Crippen LogP contribution >= 0.6 is 0 Å². The Kier molecular flexibility index (Phi) is 8.11. The molecular weight excluding hydrogens is 406 g/mol. The van der Waals surface area contributed by atoms with Gasteiger partial charge in [-0.1, -0.05) is 26.0 Å². The molecule has 7 nitrogen and oxygen atoms in total. The van der Waals surface area contributed by atoms with Crippen LogP contribution in [0.25, 0.3) is 0 Å². The monoisotopic (exact) mass is 439 g/mol. The molecule has 3 rings (SSSR count). The van der Waals surface area contributed by atoms with Gasteiger partial charge in [0.1, 0.15) is 17.5 Å². The van der Waals surface area contributed by atoms with Gasteiger partial charge in [0.25, 0.3) is 5.91 Å². The minimum Gasteiger partial charge on any atom is -0.497 e. The third kappa shape index (κ3) is 6.23. The van der Waals surface area contributed by atoms with E-state index >= 15 is 0 Å². The van der Waals surface area contributed by atoms with Crippen LogP contribution in [-0.2, 0) is 11.3 Å². The summed E-state index contributed by atoms with van der Waals surface area (Å²) in [4.78, 5) is 28.3. The third-order valence-corrected chi connectivity index (χ3v) is 5.65. The van der Waals surface area contributed by atoms with Crippen molar-refractivity contribution in [3.8, 4) is 11.5 Å². The van der Waals surface area contributed by atoms with E-state index in [1.54, 1.807) is 18.2 Å². The van der Waals surface area contributed by atoms with Crippen molar-refractivity contribution in [2.75, 3.05) is 32.6 Å². The van der Waals surface area contributed by atoms with Crippen molar-refractivity contribution < 1.29 is 19.1 Å². The molecule has 2 aromatic carbocycles. The predicted molar refractivity (Wildman–Crippen MR) is 125 cm³/mol. The highest BCUT2D eigenvalue weighted by atomic mass is 16.5. The van der Waals surface area contributed by atoms with Crippen LogP contribution in [0.1, 0.15) is 42.6 Å². The zero-order valence-electron chi connectivity index (χ0n) is 19.3. The van der Waals surface area contributed by atoms with E-state index in [0.29, 0.717) is 17.1 Å². The second kappa shape index (κ2) is 11.0. The Morgan fingerprint density at radius 2 is 1.66 bits per heavy atom. The maximum Gasteiger partial charge on any atom is 0.252 e. The van der Waals surface area contributed by atoms with Crippen molar-refractivity contribution >= 4 is 17.5 Å². The number of amides is 2. The van der Waals surface area contributed by atoms with Gasteiger partial charge in [-0.15, -0.1) is 0 Å². The average molecular weight is 440 g/mol. The molecule has 0 aromatic heterocycles. The average Bonchev–Trinajstić information content (AvgIpc) is 3.29. The van der Waals surface area contributed by atoms with Gasteiger partial charge in [0.15, 0.2) is 0 Å². The zero-order valence-corrected chi connectivity index (χ0v) is 19.3. The molecule has 1 unspecified atom stereocenters. The van der Waals surface area contributed by atoms with Crippen LogP contribution in [0.3, 0.4) is 0 Å². The van der Waals surface area contributed by atoms with Crippen molar-refractivity contribution in [1.29, 1.82) is 0 Å². The summed E-state index contributed by atoms with van der Waals surface area (Å²) in [7, 11) is 3.05. The van der Waals surface area contributed by atoms with Crippen LogP contribution in [0.5, 0.6) is 11.5 Å². The number of hydrogen-bond donors (Lipinski definition) is 2. The number of nitrogens with zero attached hydrogens (tertiary/aromatic N) is 1. The van der Waals surface area contributed by atoms with Crippen molar-refractivity contribution in [3.63, 3.8) is 0 Å². The minimum atomic E-state index is -0.693. The van der Waals surface area contributed by atoms with Crippen molar-refractivity contribution in [1.82, 2.24) is 10.2 Å². The molecule has 0 radical (unpaired) electrons. The van der Waals surface area contributed by atoms with Crippen LogP contribution in [-0.4, -0.2) is 50.1 Å². The van der Waals surface area contributed by atoms with E-state index in [2.05, 4.69) is 21.6 Å². The van der Waals surface area contributed by atoms with Crippen LogP contribution in [0.4, 0.5) is 5.69 Å². The molecule has 1 heterocycles. The first-order chi connectivity index (χ1) is 15.4. The van der Waals surface area contributed by atoms with Crippen molar-refractivity contribution in [3.05, 3.63) is 53.6 Å². The summed E-state index contributed by atoms with van der Waals surface area (Å²) in [6.07, 6.45) is 2.48. The number of carbonyl (C=O) groups excluding carboxylic acids is 2. The standard InChI is InChI=1S/C25H33N3O4/c1-17(2)23(27-24(29)19-13-21(31-3)15-22(14-19)32-4)25(30)26-20-9-7-8-18(12-20)16-28-10-5-6-11-28/h7-9,12-15,17,23H,5-6,10-11,16H2,1-4H3,(H,26,30)(H,27,29). The van der Waals surface area contributed by atoms with E-state index in [0.717, 1.165) is 25.3 Å². The van der Waals surface area contributed by atoms with Crippen molar-refractivity contribution in [2.24, 2.45) is 5.92 Å². The van der Waals surface area contributed by atoms with Gasteiger partial charge in [-0.05, 0) is 61.7 Å². The molecule has 1 atom stereocenters. The van der Waals surface area contributed by atoms with E-state index in [1.165, 1.54) is 32.6 Å². The third-order valence-electron chi connectivity index (χ3n) is 5.65. The first-order valence-corrected chi connectivity index (χ1v) is 11.1. The molecule has 2 aromatic rings.